The molecule has 0 aliphatic heterocycles. The van der Waals surface area contributed by atoms with Gasteiger partial charge in [-0.25, -0.2) is 0 Å². The van der Waals surface area contributed by atoms with E-state index in [9.17, 15) is 0 Å². The van der Waals surface area contributed by atoms with Crippen LogP contribution in [0.15, 0.2) is 42.0 Å². The molecule has 0 aromatic heterocycles. The second-order valence-corrected chi connectivity index (χ2v) is 4.83. The summed E-state index contributed by atoms with van der Waals surface area (Å²) in [5.74, 6) is 0. The number of fused-ring (bicyclic) bond motifs is 2. The van der Waals surface area contributed by atoms with E-state index < -0.39 is 0 Å². The fraction of sp³-hybridized carbons (Fsp3) is 0.250. The van der Waals surface area contributed by atoms with Crippen LogP contribution in [-0.2, 0) is 6.42 Å². The van der Waals surface area contributed by atoms with E-state index in [1.165, 1.54) is 36.8 Å². The van der Waals surface area contributed by atoms with Crippen LogP contribution < -0.4 is 0 Å². The minimum Gasteiger partial charge on any atom is -0.0836 e. The Balaban J connectivity index is 2.08. The lowest BCUT2D eigenvalue weighted by Crippen LogP contribution is -1.99. The van der Waals surface area contributed by atoms with Gasteiger partial charge in [0.1, 0.15) is 0 Å². The van der Waals surface area contributed by atoms with Crippen LogP contribution in [-0.4, -0.2) is 0 Å². The van der Waals surface area contributed by atoms with Crippen LogP contribution in [0, 0.1) is 0 Å². The molecule has 0 spiro atoms. The van der Waals surface area contributed by atoms with Gasteiger partial charge in [-0.3, -0.25) is 0 Å². The maximum absolute atomic E-state index is 2.45. The molecule has 0 amide bonds. The van der Waals surface area contributed by atoms with Gasteiger partial charge in [0, 0.05) is 0 Å². The van der Waals surface area contributed by atoms with E-state index in [2.05, 4.69) is 36.4 Å². The molecule has 16 heavy (non-hydrogen) atoms. The lowest BCUT2D eigenvalue weighted by molar-refractivity contribution is 0.964. The molecule has 3 aliphatic rings. The lowest BCUT2D eigenvalue weighted by Gasteiger charge is -2.16. The molecule has 0 atom stereocenters. The zero-order valence-electron chi connectivity index (χ0n) is 9.29. The van der Waals surface area contributed by atoms with Gasteiger partial charge in [0.15, 0.2) is 0 Å². The lowest BCUT2D eigenvalue weighted by atomic mass is 9.88. The quantitative estimate of drug-likeness (QED) is 0.598. The van der Waals surface area contributed by atoms with Crippen molar-refractivity contribution in [2.75, 3.05) is 0 Å². The van der Waals surface area contributed by atoms with Gasteiger partial charge in [-0.1, -0.05) is 36.4 Å². The molecule has 0 N–H and O–H groups in total. The number of aryl methyl sites for hydroxylation is 1. The van der Waals surface area contributed by atoms with Gasteiger partial charge in [0.2, 0.25) is 0 Å². The fourth-order valence-corrected chi connectivity index (χ4v) is 3.30. The molecule has 0 nitrogen and oxygen atoms in total. The van der Waals surface area contributed by atoms with Crippen molar-refractivity contribution in [3.63, 3.8) is 0 Å². The van der Waals surface area contributed by atoms with E-state index in [0.717, 1.165) is 0 Å². The van der Waals surface area contributed by atoms with Crippen LogP contribution in [0.3, 0.4) is 0 Å². The second kappa shape index (κ2) is 2.98. The van der Waals surface area contributed by atoms with Crippen LogP contribution in [0.5, 0.6) is 0 Å². The van der Waals surface area contributed by atoms with Crippen LogP contribution in [0.2, 0.25) is 0 Å². The molecule has 1 aromatic carbocycles. The minimum absolute atomic E-state index is 1.21. The van der Waals surface area contributed by atoms with Crippen LogP contribution >= 0.6 is 0 Å². The Kier molecular flexibility index (Phi) is 1.59. The van der Waals surface area contributed by atoms with Crippen molar-refractivity contribution in [2.24, 2.45) is 0 Å². The number of hydrogen-bond donors (Lipinski definition) is 0. The average Bonchev–Trinajstić information content (AvgIpc) is 2.68. The van der Waals surface area contributed by atoms with Gasteiger partial charge in [0.25, 0.3) is 0 Å². The zero-order valence-corrected chi connectivity index (χ0v) is 9.29. The molecule has 1 aromatic rings. The van der Waals surface area contributed by atoms with Crippen LogP contribution in [0.1, 0.15) is 36.0 Å². The monoisotopic (exact) mass is 206 g/mol. The summed E-state index contributed by atoms with van der Waals surface area (Å²) in [7, 11) is 0. The standard InChI is InChI=1S/C16H14/c1-2-8-13-12(7-1)14-9-3-5-11-6-4-10-15(13)16(11)14/h1,3,5,7,9-10H,2,4,6,8H2. The van der Waals surface area contributed by atoms with Gasteiger partial charge < -0.3 is 0 Å². The van der Waals surface area contributed by atoms with Crippen molar-refractivity contribution < 1.29 is 0 Å². The summed E-state index contributed by atoms with van der Waals surface area (Å²) in [6.07, 6.45) is 12.0. The van der Waals surface area contributed by atoms with E-state index in [1.54, 1.807) is 22.3 Å². The first-order chi connectivity index (χ1) is 7.95. The van der Waals surface area contributed by atoms with Crippen molar-refractivity contribution >= 4 is 11.1 Å². The average molecular weight is 206 g/mol. The number of hydrogen-bond acceptors (Lipinski definition) is 0. The van der Waals surface area contributed by atoms with Crippen molar-refractivity contribution in [3.8, 4) is 0 Å². The van der Waals surface area contributed by atoms with E-state index in [1.807, 2.05) is 0 Å². The molecule has 0 saturated carbocycles. The molecule has 0 unspecified atom stereocenters. The molecular weight excluding hydrogens is 192 g/mol. The van der Waals surface area contributed by atoms with Crippen LogP contribution in [0.25, 0.3) is 11.1 Å². The normalized spacial score (nSPS) is 20.6. The summed E-state index contributed by atoms with van der Waals surface area (Å²) >= 11 is 0. The highest BCUT2D eigenvalue weighted by molar-refractivity contribution is 6.04. The highest BCUT2D eigenvalue weighted by Gasteiger charge is 2.28. The van der Waals surface area contributed by atoms with Crippen molar-refractivity contribution in [2.45, 2.75) is 25.7 Å². The first-order valence-electron chi connectivity index (χ1n) is 6.18. The van der Waals surface area contributed by atoms with Crippen molar-refractivity contribution in [3.05, 3.63) is 58.7 Å². The van der Waals surface area contributed by atoms with Crippen LogP contribution in [0.4, 0.5) is 0 Å². The molecule has 0 bridgehead atoms. The Morgan fingerprint density at radius 3 is 3.00 bits per heavy atom. The fourth-order valence-electron chi connectivity index (χ4n) is 3.30. The topological polar surface area (TPSA) is 0 Å². The predicted octanol–water partition coefficient (Wildman–Crippen LogP) is 4.13. The summed E-state index contributed by atoms with van der Waals surface area (Å²) in [6.45, 7) is 0. The molecule has 0 fully saturated rings. The molecule has 0 heterocycles. The second-order valence-electron chi connectivity index (χ2n) is 4.83. The molecule has 78 valence electrons. The Hall–Kier alpha value is -1.56. The number of benzene rings is 1. The Bertz CT molecular complexity index is 568. The zero-order chi connectivity index (χ0) is 10.5. The van der Waals surface area contributed by atoms with E-state index >= 15 is 0 Å². The summed E-state index contributed by atoms with van der Waals surface area (Å²) in [5.41, 5.74) is 9.23. The third-order valence-corrected chi connectivity index (χ3v) is 3.97. The largest absolute Gasteiger partial charge is 0.0836 e. The highest BCUT2D eigenvalue weighted by atomic mass is 14.3. The van der Waals surface area contributed by atoms with Crippen molar-refractivity contribution in [1.29, 1.82) is 0 Å². The molecule has 0 saturated heterocycles. The predicted molar refractivity (Wildman–Crippen MR) is 68.0 cm³/mol. The highest BCUT2D eigenvalue weighted by Crippen LogP contribution is 2.48. The SMILES string of the molecule is C1=CC2=C(CC1)C1=CCCc3cccc2c31. The molecule has 0 radical (unpaired) electrons. The van der Waals surface area contributed by atoms with E-state index in [0.29, 0.717) is 0 Å². The number of rotatable bonds is 0. The first-order valence-corrected chi connectivity index (χ1v) is 6.18. The maximum Gasteiger partial charge on any atom is -0.00733 e. The maximum atomic E-state index is 2.45. The summed E-state index contributed by atoms with van der Waals surface area (Å²) in [5, 5.41) is 0. The van der Waals surface area contributed by atoms with Gasteiger partial charge in [0.05, 0.1) is 0 Å². The van der Waals surface area contributed by atoms with Gasteiger partial charge >= 0.3 is 0 Å². The molecule has 4 rings (SSSR count). The Labute approximate surface area is 96.0 Å². The Morgan fingerprint density at radius 1 is 1.00 bits per heavy atom. The summed E-state index contributed by atoms with van der Waals surface area (Å²) in [4.78, 5) is 0. The summed E-state index contributed by atoms with van der Waals surface area (Å²) in [6, 6.07) is 6.81. The molecule has 3 aliphatic carbocycles. The van der Waals surface area contributed by atoms with E-state index in [-0.39, 0.29) is 0 Å². The minimum atomic E-state index is 1.21. The van der Waals surface area contributed by atoms with Gasteiger partial charge in [-0.05, 0) is 59.1 Å². The van der Waals surface area contributed by atoms with E-state index in [4.69, 9.17) is 0 Å². The van der Waals surface area contributed by atoms with Crippen molar-refractivity contribution in [1.82, 2.24) is 0 Å². The Morgan fingerprint density at radius 2 is 2.00 bits per heavy atom. The molecule has 0 heteroatoms. The molecular formula is C16H14. The third-order valence-electron chi connectivity index (χ3n) is 3.97. The number of allylic oxidation sites excluding steroid dienone is 6. The smallest absolute Gasteiger partial charge is 0.00733 e. The van der Waals surface area contributed by atoms with Gasteiger partial charge in [-0.15, -0.1) is 0 Å². The summed E-state index contributed by atoms with van der Waals surface area (Å²) < 4.78 is 0. The first kappa shape index (κ1) is 8.58. The van der Waals surface area contributed by atoms with Gasteiger partial charge in [-0.2, -0.15) is 0 Å². The third kappa shape index (κ3) is 0.948.